The highest BCUT2D eigenvalue weighted by atomic mass is 31.2. The second kappa shape index (κ2) is 53.3. The molecule has 0 heterocycles. The van der Waals surface area contributed by atoms with Crippen molar-refractivity contribution >= 4 is 39.5 Å². The van der Waals surface area contributed by atoms with Gasteiger partial charge in [-0.3, -0.25) is 37.3 Å². The molecular weight excluding hydrogens is 1090 g/mol. The van der Waals surface area contributed by atoms with Crippen molar-refractivity contribution in [2.45, 2.75) is 318 Å². The molecule has 0 saturated heterocycles. The Labute approximate surface area is 498 Å². The number of carbonyl (C=O) groups excluding carboxylic acids is 4. The number of aliphatic hydroxyl groups excluding tert-OH is 1. The molecule has 17 nitrogen and oxygen atoms in total. The van der Waals surface area contributed by atoms with E-state index in [1.165, 1.54) is 89.9 Å². The first-order valence-electron chi connectivity index (χ1n) is 32.7. The van der Waals surface area contributed by atoms with Crippen LogP contribution in [-0.2, 0) is 65.4 Å². The molecule has 0 spiro atoms. The summed E-state index contributed by atoms with van der Waals surface area (Å²) in [7, 11) is -9.89. The zero-order valence-corrected chi connectivity index (χ0v) is 54.9. The molecule has 6 atom stereocenters. The third-order valence-corrected chi connectivity index (χ3v) is 16.6. The average Bonchev–Trinajstić information content (AvgIpc) is 3.44. The number of hydrogen-bond acceptors (Lipinski definition) is 15. The molecule has 0 fully saturated rings. The summed E-state index contributed by atoms with van der Waals surface area (Å²) in [4.78, 5) is 72.1. The lowest BCUT2D eigenvalue weighted by atomic mass is 9.99. The summed E-state index contributed by atoms with van der Waals surface area (Å²) >= 11 is 0. The molecule has 0 aromatic carbocycles. The summed E-state index contributed by atoms with van der Waals surface area (Å²) in [5, 5.41) is 10.5. The van der Waals surface area contributed by atoms with Gasteiger partial charge in [0, 0.05) is 25.7 Å². The van der Waals surface area contributed by atoms with Gasteiger partial charge in [0.05, 0.1) is 26.4 Å². The minimum Gasteiger partial charge on any atom is -0.462 e. The second-order valence-corrected chi connectivity index (χ2v) is 27.4. The van der Waals surface area contributed by atoms with Gasteiger partial charge in [0.25, 0.3) is 0 Å². The van der Waals surface area contributed by atoms with Crippen LogP contribution in [0.1, 0.15) is 299 Å². The SMILES string of the molecule is CCC(C)CCCCCCCCCCC(=O)O[C@H](COC(=O)CCCCCCCCCC(C)C)COP(=O)(O)OCC(O)COP(=O)(O)OC[C@@H](COC(=O)CCCCCCCCCC(C)C)OC(=O)CCCCCCCCCC(C)C. The molecule has 0 radical (unpaired) electrons. The quantitative estimate of drug-likeness (QED) is 0.0222. The highest BCUT2D eigenvalue weighted by Gasteiger charge is 2.30. The monoisotopic (exact) mass is 1210 g/mol. The van der Waals surface area contributed by atoms with E-state index in [-0.39, 0.29) is 25.7 Å². The van der Waals surface area contributed by atoms with Gasteiger partial charge in [-0.15, -0.1) is 0 Å². The fourth-order valence-corrected chi connectivity index (χ4v) is 10.8. The van der Waals surface area contributed by atoms with E-state index in [9.17, 15) is 43.2 Å². The predicted octanol–water partition coefficient (Wildman–Crippen LogP) is 17.0. The van der Waals surface area contributed by atoms with Gasteiger partial charge >= 0.3 is 39.5 Å². The largest absolute Gasteiger partial charge is 0.472 e. The molecule has 0 aromatic heterocycles. The van der Waals surface area contributed by atoms with Crippen molar-refractivity contribution < 1.29 is 80.2 Å². The van der Waals surface area contributed by atoms with Crippen molar-refractivity contribution in [3.05, 3.63) is 0 Å². The van der Waals surface area contributed by atoms with Gasteiger partial charge in [0.1, 0.15) is 19.3 Å². The lowest BCUT2D eigenvalue weighted by molar-refractivity contribution is -0.161. The van der Waals surface area contributed by atoms with E-state index < -0.39 is 97.5 Å². The van der Waals surface area contributed by atoms with E-state index in [1.807, 2.05) is 0 Å². The number of rotatable bonds is 60. The number of phosphoric ester groups is 2. The van der Waals surface area contributed by atoms with Crippen LogP contribution in [0.25, 0.3) is 0 Å². The Morgan fingerprint density at radius 2 is 0.585 bits per heavy atom. The van der Waals surface area contributed by atoms with E-state index in [4.69, 9.17) is 37.0 Å². The molecule has 0 aliphatic carbocycles. The van der Waals surface area contributed by atoms with Crippen LogP contribution >= 0.6 is 15.6 Å². The zero-order chi connectivity index (χ0) is 61.1. The molecule has 3 N–H and O–H groups in total. The summed E-state index contributed by atoms with van der Waals surface area (Å²) in [6.07, 6.45) is 32.3. The number of phosphoric acid groups is 2. The lowest BCUT2D eigenvalue weighted by Gasteiger charge is -2.21. The van der Waals surface area contributed by atoms with Gasteiger partial charge in [-0.25, -0.2) is 9.13 Å². The van der Waals surface area contributed by atoms with Crippen LogP contribution < -0.4 is 0 Å². The van der Waals surface area contributed by atoms with Crippen molar-refractivity contribution in [1.29, 1.82) is 0 Å². The standard InChI is InChI=1S/C63H122O17P2/c1-9-56(8)42-34-26-18-10-11-19-29-37-45-62(67)79-58(49-73-60(65)43-35-27-20-12-15-23-31-39-53(2)3)51-77-81(69,70)75-47-57(64)48-76-82(71,72)78-52-59(80-63(68)46-38-30-22-14-17-25-33-41-55(6)7)50-74-61(66)44-36-28-21-13-16-24-32-40-54(4)5/h53-59,64H,9-52H2,1-8H3,(H,69,70)(H,71,72)/t56?,57?,58-,59-/m1/s1. The number of ether oxygens (including phenoxy) is 4. The van der Waals surface area contributed by atoms with Crippen molar-refractivity contribution in [2.75, 3.05) is 39.6 Å². The maximum atomic E-state index is 13.0. The maximum Gasteiger partial charge on any atom is 0.472 e. The van der Waals surface area contributed by atoms with Gasteiger partial charge in [-0.2, -0.15) is 0 Å². The second-order valence-electron chi connectivity index (χ2n) is 24.5. The van der Waals surface area contributed by atoms with E-state index in [0.717, 1.165) is 109 Å². The highest BCUT2D eigenvalue weighted by Crippen LogP contribution is 2.45. The van der Waals surface area contributed by atoms with E-state index in [1.54, 1.807) is 0 Å². The fraction of sp³-hybridized carbons (Fsp3) is 0.937. The predicted molar refractivity (Wildman–Crippen MR) is 326 cm³/mol. The first kappa shape index (κ1) is 80.1. The topological polar surface area (TPSA) is 237 Å². The van der Waals surface area contributed by atoms with Crippen LogP contribution in [0.5, 0.6) is 0 Å². The summed E-state index contributed by atoms with van der Waals surface area (Å²) in [5.41, 5.74) is 0. The third kappa shape index (κ3) is 55.9. The van der Waals surface area contributed by atoms with Crippen molar-refractivity contribution in [3.63, 3.8) is 0 Å². The minimum absolute atomic E-state index is 0.102. The van der Waals surface area contributed by atoms with Crippen LogP contribution in [0.3, 0.4) is 0 Å². The van der Waals surface area contributed by atoms with Gasteiger partial charge in [-0.05, 0) is 49.4 Å². The van der Waals surface area contributed by atoms with Crippen LogP contribution in [0.4, 0.5) is 0 Å². The molecule has 82 heavy (non-hydrogen) atoms. The molecule has 0 saturated carbocycles. The molecule has 4 unspecified atom stereocenters. The number of esters is 4. The summed E-state index contributed by atoms with van der Waals surface area (Å²) in [6.45, 7) is 13.9. The fourth-order valence-electron chi connectivity index (χ4n) is 9.22. The molecular formula is C63H122O17P2. The minimum atomic E-state index is -4.94. The first-order chi connectivity index (χ1) is 39.1. The Balaban J connectivity index is 5.26. The Kier molecular flexibility index (Phi) is 52.0. The maximum absolute atomic E-state index is 13.0. The Hall–Kier alpha value is -1.94. The van der Waals surface area contributed by atoms with E-state index in [2.05, 4.69) is 55.4 Å². The molecule has 19 heteroatoms. The molecule has 0 aliphatic rings. The van der Waals surface area contributed by atoms with E-state index >= 15 is 0 Å². The van der Waals surface area contributed by atoms with Gasteiger partial charge in [0.15, 0.2) is 12.2 Å². The molecule has 0 aliphatic heterocycles. The summed E-state index contributed by atoms with van der Waals surface area (Å²) in [6, 6.07) is 0. The Bertz CT molecular complexity index is 1650. The third-order valence-electron chi connectivity index (χ3n) is 14.7. The van der Waals surface area contributed by atoms with Crippen molar-refractivity contribution in [2.24, 2.45) is 23.7 Å². The zero-order valence-electron chi connectivity index (χ0n) is 53.1. The number of aliphatic hydroxyl groups is 1. The van der Waals surface area contributed by atoms with Crippen LogP contribution in [0, 0.1) is 23.7 Å². The number of carbonyl (C=O) groups is 4. The van der Waals surface area contributed by atoms with Crippen LogP contribution in [0.15, 0.2) is 0 Å². The van der Waals surface area contributed by atoms with E-state index in [0.29, 0.717) is 43.4 Å². The normalized spacial score (nSPS) is 14.8. The summed E-state index contributed by atoms with van der Waals surface area (Å²) < 4.78 is 67.9. The van der Waals surface area contributed by atoms with Gasteiger partial charge in [-0.1, -0.05) is 248 Å². The molecule has 0 bridgehead atoms. The van der Waals surface area contributed by atoms with Crippen molar-refractivity contribution in [3.8, 4) is 0 Å². The molecule has 486 valence electrons. The molecule has 0 rings (SSSR count). The molecule has 0 amide bonds. The smallest absolute Gasteiger partial charge is 0.462 e. The number of unbranched alkanes of at least 4 members (excludes halogenated alkanes) is 25. The summed E-state index contributed by atoms with van der Waals surface area (Å²) in [5.74, 6) is 0.731. The van der Waals surface area contributed by atoms with Crippen LogP contribution in [0.2, 0.25) is 0 Å². The lowest BCUT2D eigenvalue weighted by Crippen LogP contribution is -2.30. The van der Waals surface area contributed by atoms with Crippen LogP contribution in [-0.4, -0.2) is 96.7 Å². The Morgan fingerprint density at radius 3 is 0.866 bits per heavy atom. The highest BCUT2D eigenvalue weighted by molar-refractivity contribution is 7.47. The van der Waals surface area contributed by atoms with Gasteiger partial charge in [0.2, 0.25) is 0 Å². The number of hydrogen-bond donors (Lipinski definition) is 3. The van der Waals surface area contributed by atoms with Crippen molar-refractivity contribution in [1.82, 2.24) is 0 Å². The average molecular weight is 1210 g/mol. The first-order valence-corrected chi connectivity index (χ1v) is 35.7. The Morgan fingerprint density at radius 1 is 0.341 bits per heavy atom. The van der Waals surface area contributed by atoms with Gasteiger partial charge < -0.3 is 33.8 Å². The molecule has 0 aromatic rings.